The van der Waals surface area contributed by atoms with Gasteiger partial charge in [-0.25, -0.2) is 0 Å². The molecule has 1 saturated heterocycles. The second kappa shape index (κ2) is 7.17. The number of aliphatic hydroxyl groups excluding tert-OH is 1. The van der Waals surface area contributed by atoms with Crippen molar-refractivity contribution in [3.8, 4) is 0 Å². The highest BCUT2D eigenvalue weighted by Crippen LogP contribution is 2.19. The van der Waals surface area contributed by atoms with Crippen molar-refractivity contribution in [1.82, 2.24) is 4.90 Å². The lowest BCUT2D eigenvalue weighted by Crippen LogP contribution is -2.42. The molecule has 0 saturated carbocycles. The van der Waals surface area contributed by atoms with E-state index in [4.69, 9.17) is 0 Å². The molecule has 1 fully saturated rings. The predicted octanol–water partition coefficient (Wildman–Crippen LogP) is 1.90. The number of amides is 1. The largest absolute Gasteiger partial charge is 0.394 e. The molecule has 1 unspecified atom stereocenters. The van der Waals surface area contributed by atoms with Crippen LogP contribution in [0, 0.1) is 10.1 Å². The van der Waals surface area contributed by atoms with Crippen molar-refractivity contribution in [1.29, 1.82) is 0 Å². The molecule has 1 N–H and O–H groups in total. The molecule has 21 heavy (non-hydrogen) atoms. The standard InChI is InChI=1S/C15H20N2O4/c18-11-14-6-2-1-3-8-16(14)15(19)10-12-5-4-7-13(9-12)17(20)21/h4-5,7,9,14,18H,1-3,6,8,10-11H2. The van der Waals surface area contributed by atoms with Crippen LogP contribution in [0.4, 0.5) is 5.69 Å². The molecule has 0 radical (unpaired) electrons. The van der Waals surface area contributed by atoms with Gasteiger partial charge in [-0.2, -0.15) is 0 Å². The molecule has 1 aliphatic rings. The first-order valence-electron chi connectivity index (χ1n) is 7.25. The molecular weight excluding hydrogens is 272 g/mol. The van der Waals surface area contributed by atoms with Crippen molar-refractivity contribution in [2.75, 3.05) is 13.2 Å². The van der Waals surface area contributed by atoms with Gasteiger partial charge in [0.15, 0.2) is 0 Å². The number of hydrogen-bond acceptors (Lipinski definition) is 4. The zero-order chi connectivity index (χ0) is 15.2. The summed E-state index contributed by atoms with van der Waals surface area (Å²) in [4.78, 5) is 24.4. The fourth-order valence-electron chi connectivity index (χ4n) is 2.75. The summed E-state index contributed by atoms with van der Waals surface area (Å²) in [6.45, 7) is 0.625. The number of likely N-dealkylation sites (tertiary alicyclic amines) is 1. The number of aliphatic hydroxyl groups is 1. The lowest BCUT2D eigenvalue weighted by molar-refractivity contribution is -0.384. The van der Waals surface area contributed by atoms with Gasteiger partial charge in [-0.1, -0.05) is 25.0 Å². The minimum absolute atomic E-state index is 0.00475. The fraction of sp³-hybridized carbons (Fsp3) is 0.533. The van der Waals surface area contributed by atoms with Crippen LogP contribution in [-0.2, 0) is 11.2 Å². The van der Waals surface area contributed by atoms with Crippen LogP contribution in [0.15, 0.2) is 24.3 Å². The van der Waals surface area contributed by atoms with Gasteiger partial charge < -0.3 is 10.0 Å². The van der Waals surface area contributed by atoms with Crippen molar-refractivity contribution in [2.45, 2.75) is 38.1 Å². The molecule has 2 rings (SSSR count). The maximum atomic E-state index is 12.4. The third-order valence-electron chi connectivity index (χ3n) is 3.88. The summed E-state index contributed by atoms with van der Waals surface area (Å²) < 4.78 is 0. The molecule has 0 aliphatic carbocycles. The number of nitro benzene ring substituents is 1. The Hall–Kier alpha value is -1.95. The second-order valence-electron chi connectivity index (χ2n) is 5.38. The monoisotopic (exact) mass is 292 g/mol. The second-order valence-corrected chi connectivity index (χ2v) is 5.38. The molecule has 1 atom stereocenters. The summed E-state index contributed by atoms with van der Waals surface area (Å²) in [6.07, 6.45) is 3.98. The summed E-state index contributed by atoms with van der Waals surface area (Å²) in [5.74, 6) is -0.0727. The lowest BCUT2D eigenvalue weighted by atomic mass is 10.1. The van der Waals surface area contributed by atoms with E-state index in [1.165, 1.54) is 12.1 Å². The smallest absolute Gasteiger partial charge is 0.269 e. The normalized spacial score (nSPS) is 19.1. The van der Waals surface area contributed by atoms with Gasteiger partial charge in [-0.05, 0) is 18.4 Å². The maximum Gasteiger partial charge on any atom is 0.269 e. The summed E-state index contributed by atoms with van der Waals surface area (Å²) in [5.41, 5.74) is 0.630. The molecule has 1 aromatic carbocycles. The fourth-order valence-corrected chi connectivity index (χ4v) is 2.75. The Labute approximate surface area is 123 Å². The molecule has 0 spiro atoms. The molecule has 1 amide bonds. The van der Waals surface area contributed by atoms with Crippen LogP contribution in [0.3, 0.4) is 0 Å². The van der Waals surface area contributed by atoms with Crippen molar-refractivity contribution >= 4 is 11.6 Å². The first-order chi connectivity index (χ1) is 10.1. The summed E-state index contributed by atoms with van der Waals surface area (Å²) >= 11 is 0. The third-order valence-corrected chi connectivity index (χ3v) is 3.88. The molecule has 1 aromatic rings. The zero-order valence-electron chi connectivity index (χ0n) is 11.9. The topological polar surface area (TPSA) is 83.7 Å². The van der Waals surface area contributed by atoms with Crippen LogP contribution in [0.2, 0.25) is 0 Å². The number of nitrogens with zero attached hydrogens (tertiary/aromatic N) is 2. The van der Waals surface area contributed by atoms with E-state index < -0.39 is 4.92 Å². The van der Waals surface area contributed by atoms with Crippen molar-refractivity contribution in [3.05, 3.63) is 39.9 Å². The minimum atomic E-state index is -0.462. The van der Waals surface area contributed by atoms with E-state index in [1.54, 1.807) is 17.0 Å². The Morgan fingerprint density at radius 1 is 1.38 bits per heavy atom. The average molecular weight is 292 g/mol. The zero-order valence-corrected chi connectivity index (χ0v) is 11.9. The van der Waals surface area contributed by atoms with Gasteiger partial charge in [0, 0.05) is 18.7 Å². The highest BCUT2D eigenvalue weighted by molar-refractivity contribution is 5.79. The Kier molecular flexibility index (Phi) is 5.27. The van der Waals surface area contributed by atoms with E-state index in [1.807, 2.05) is 0 Å². The molecule has 6 heteroatoms. The highest BCUT2D eigenvalue weighted by Gasteiger charge is 2.25. The SMILES string of the molecule is O=C(Cc1cccc([N+](=O)[O-])c1)N1CCCCCC1CO. The van der Waals surface area contributed by atoms with Crippen molar-refractivity contribution in [3.63, 3.8) is 0 Å². The van der Waals surface area contributed by atoms with Crippen molar-refractivity contribution in [2.24, 2.45) is 0 Å². The van der Waals surface area contributed by atoms with Gasteiger partial charge >= 0.3 is 0 Å². The van der Waals surface area contributed by atoms with Gasteiger partial charge in [0.2, 0.25) is 5.91 Å². The highest BCUT2D eigenvalue weighted by atomic mass is 16.6. The van der Waals surface area contributed by atoms with Gasteiger partial charge in [0.1, 0.15) is 0 Å². The first kappa shape index (κ1) is 15.4. The van der Waals surface area contributed by atoms with Gasteiger partial charge in [-0.3, -0.25) is 14.9 Å². The number of carbonyl (C=O) groups is 1. The molecule has 6 nitrogen and oxygen atoms in total. The van der Waals surface area contributed by atoms with Gasteiger partial charge in [0.25, 0.3) is 5.69 Å². The predicted molar refractivity (Wildman–Crippen MR) is 77.9 cm³/mol. The first-order valence-corrected chi connectivity index (χ1v) is 7.25. The Morgan fingerprint density at radius 3 is 2.90 bits per heavy atom. The third kappa shape index (κ3) is 4.01. The number of nitro groups is 1. The van der Waals surface area contributed by atoms with E-state index in [-0.39, 0.29) is 30.7 Å². The lowest BCUT2D eigenvalue weighted by Gasteiger charge is -2.28. The Balaban J connectivity index is 2.08. The molecule has 0 bridgehead atoms. The molecule has 1 heterocycles. The summed E-state index contributed by atoms with van der Waals surface area (Å²) in [5, 5.41) is 20.2. The van der Waals surface area contributed by atoms with Crippen LogP contribution in [0.25, 0.3) is 0 Å². The number of hydrogen-bond donors (Lipinski definition) is 1. The van der Waals surface area contributed by atoms with E-state index in [0.29, 0.717) is 12.1 Å². The number of benzene rings is 1. The minimum Gasteiger partial charge on any atom is -0.394 e. The number of carbonyl (C=O) groups excluding carboxylic acids is 1. The van der Waals surface area contributed by atoms with E-state index >= 15 is 0 Å². The Morgan fingerprint density at radius 2 is 2.19 bits per heavy atom. The molecule has 1 aliphatic heterocycles. The maximum absolute atomic E-state index is 12.4. The Bertz CT molecular complexity index is 518. The summed E-state index contributed by atoms with van der Waals surface area (Å²) in [6, 6.07) is 6.03. The van der Waals surface area contributed by atoms with Gasteiger partial charge in [-0.15, -0.1) is 0 Å². The molecular formula is C15H20N2O4. The van der Waals surface area contributed by atoms with E-state index in [9.17, 15) is 20.0 Å². The van der Waals surface area contributed by atoms with Crippen LogP contribution in [-0.4, -0.2) is 40.0 Å². The van der Waals surface area contributed by atoms with Crippen molar-refractivity contribution < 1.29 is 14.8 Å². The summed E-state index contributed by atoms with van der Waals surface area (Å²) in [7, 11) is 0. The van der Waals surface area contributed by atoms with E-state index in [2.05, 4.69) is 0 Å². The van der Waals surface area contributed by atoms with Crippen LogP contribution in [0.5, 0.6) is 0 Å². The number of non-ortho nitro benzene ring substituents is 1. The quantitative estimate of drug-likeness (QED) is 0.678. The molecule has 0 aromatic heterocycles. The molecule has 114 valence electrons. The number of rotatable bonds is 4. The van der Waals surface area contributed by atoms with Crippen LogP contribution < -0.4 is 0 Å². The van der Waals surface area contributed by atoms with E-state index in [0.717, 1.165) is 25.7 Å². The van der Waals surface area contributed by atoms with Crippen LogP contribution >= 0.6 is 0 Å². The van der Waals surface area contributed by atoms with Gasteiger partial charge in [0.05, 0.1) is 24.0 Å². The van der Waals surface area contributed by atoms with Crippen LogP contribution in [0.1, 0.15) is 31.2 Å². The average Bonchev–Trinajstić information content (AvgIpc) is 2.72.